The molecule has 1 spiro atoms. The average molecular weight is 429 g/mol. The molecule has 1 aromatic rings. The van der Waals surface area contributed by atoms with Crippen molar-refractivity contribution in [2.24, 2.45) is 11.3 Å². The number of nitrogens with zero attached hydrogens (tertiary/aromatic N) is 4. The van der Waals surface area contributed by atoms with Gasteiger partial charge in [0.1, 0.15) is 6.61 Å². The normalized spacial score (nSPS) is 28.6. The van der Waals surface area contributed by atoms with Crippen molar-refractivity contribution in [3.63, 3.8) is 0 Å². The maximum atomic E-state index is 12.8. The molecule has 3 amide bonds. The lowest BCUT2D eigenvalue weighted by Crippen LogP contribution is -2.68. The third-order valence-corrected chi connectivity index (χ3v) is 6.54. The molecule has 30 heavy (non-hydrogen) atoms. The van der Waals surface area contributed by atoms with Gasteiger partial charge in [0, 0.05) is 38.0 Å². The van der Waals surface area contributed by atoms with Crippen LogP contribution in [0.1, 0.15) is 31.0 Å². The summed E-state index contributed by atoms with van der Waals surface area (Å²) >= 11 is 0. The number of carbonyl (C=O) groups is 2. The molecule has 3 saturated heterocycles. The highest BCUT2D eigenvalue weighted by Gasteiger charge is 2.54. The van der Waals surface area contributed by atoms with E-state index in [1.165, 1.54) is 0 Å². The van der Waals surface area contributed by atoms with E-state index in [1.807, 2.05) is 0 Å². The Morgan fingerprint density at radius 2 is 2.03 bits per heavy atom. The molecule has 2 atom stereocenters. The van der Waals surface area contributed by atoms with E-state index in [-0.39, 0.29) is 47.8 Å². The first kappa shape index (κ1) is 19.6. The predicted octanol–water partition coefficient (Wildman–Crippen LogP) is 1.05. The molecule has 3 aliphatic heterocycles. The molecule has 1 aromatic heterocycles. The maximum absolute atomic E-state index is 12.8. The Labute approximate surface area is 169 Å². The largest absolute Gasteiger partial charge is 0.471 e. The second-order valence-electron chi connectivity index (χ2n) is 8.89. The van der Waals surface area contributed by atoms with Crippen LogP contribution in [-0.2, 0) is 22.1 Å². The zero-order valence-electron chi connectivity index (χ0n) is 16.2. The molecular weight excluding hydrogens is 407 g/mol. The molecule has 9 nitrogen and oxygen atoms in total. The van der Waals surface area contributed by atoms with Crippen molar-refractivity contribution >= 4 is 11.9 Å². The standard InChI is InChI=1S/C18H22F3N5O4/c19-18(20,21)15-23-13(24-30-15)3-10-4-17(5-10)8-26(9-17)16(28)25-2-1-12-11(6-25)22-14(27)7-29-12/h10-12H,1-9H2,(H,22,27)/t11-,12+/m1/s1. The number of fused-ring (bicyclic) bond motifs is 1. The van der Waals surface area contributed by atoms with Crippen LogP contribution in [0.25, 0.3) is 0 Å². The van der Waals surface area contributed by atoms with Crippen LogP contribution < -0.4 is 5.32 Å². The molecule has 0 radical (unpaired) electrons. The van der Waals surface area contributed by atoms with E-state index in [0.717, 1.165) is 12.8 Å². The number of ether oxygens (including phenoxy) is 1. The molecule has 4 aliphatic rings. The molecule has 164 valence electrons. The van der Waals surface area contributed by atoms with E-state index in [9.17, 15) is 22.8 Å². The van der Waals surface area contributed by atoms with Gasteiger partial charge >= 0.3 is 18.1 Å². The zero-order chi connectivity index (χ0) is 21.1. The number of aromatic nitrogens is 2. The van der Waals surface area contributed by atoms with Crippen LogP contribution >= 0.6 is 0 Å². The van der Waals surface area contributed by atoms with Crippen LogP contribution in [0.2, 0.25) is 0 Å². The van der Waals surface area contributed by atoms with Gasteiger partial charge in [-0.3, -0.25) is 4.79 Å². The molecule has 1 aliphatic carbocycles. The van der Waals surface area contributed by atoms with E-state index >= 15 is 0 Å². The number of likely N-dealkylation sites (tertiary alicyclic amines) is 2. The number of hydrogen-bond donors (Lipinski definition) is 1. The summed E-state index contributed by atoms with van der Waals surface area (Å²) in [4.78, 5) is 31.3. The number of hydrogen-bond acceptors (Lipinski definition) is 6. The Hall–Kier alpha value is -2.37. The first-order valence-corrected chi connectivity index (χ1v) is 10.1. The molecule has 0 unspecified atom stereocenters. The quantitative estimate of drug-likeness (QED) is 0.755. The van der Waals surface area contributed by atoms with E-state index in [4.69, 9.17) is 4.74 Å². The van der Waals surface area contributed by atoms with Crippen molar-refractivity contribution in [1.29, 1.82) is 0 Å². The van der Waals surface area contributed by atoms with E-state index < -0.39 is 12.1 Å². The first-order chi connectivity index (χ1) is 14.2. The van der Waals surface area contributed by atoms with Gasteiger partial charge in [0.15, 0.2) is 5.82 Å². The Morgan fingerprint density at radius 1 is 1.27 bits per heavy atom. The van der Waals surface area contributed by atoms with Gasteiger partial charge < -0.3 is 24.4 Å². The second-order valence-corrected chi connectivity index (χ2v) is 8.89. The highest BCUT2D eigenvalue weighted by Crippen LogP contribution is 2.53. The van der Waals surface area contributed by atoms with Gasteiger partial charge in [-0.1, -0.05) is 5.16 Å². The molecule has 12 heteroatoms. The SMILES string of the molecule is O=C1CO[C@H]2CCN(C(=O)N3CC4(CC(Cc5noc(C(F)(F)F)n5)C4)C3)C[C@H]2N1. The molecule has 0 bridgehead atoms. The number of carbonyl (C=O) groups excluding carboxylic acids is 2. The van der Waals surface area contributed by atoms with Crippen LogP contribution in [0.4, 0.5) is 18.0 Å². The van der Waals surface area contributed by atoms with Crippen molar-refractivity contribution in [3.8, 4) is 0 Å². The summed E-state index contributed by atoms with van der Waals surface area (Å²) in [6.45, 7) is 2.42. The number of halogens is 3. The number of alkyl halides is 3. The van der Waals surface area contributed by atoms with Crippen molar-refractivity contribution in [3.05, 3.63) is 11.7 Å². The predicted molar refractivity (Wildman–Crippen MR) is 93.0 cm³/mol. The molecule has 1 N–H and O–H groups in total. The van der Waals surface area contributed by atoms with Crippen LogP contribution in [0, 0.1) is 11.3 Å². The summed E-state index contributed by atoms with van der Waals surface area (Å²) in [5.74, 6) is -1.19. The van der Waals surface area contributed by atoms with Gasteiger partial charge in [-0.25, -0.2) is 4.79 Å². The monoisotopic (exact) mass is 429 g/mol. The summed E-state index contributed by atoms with van der Waals surface area (Å²) in [6, 6.07) is -0.195. The highest BCUT2D eigenvalue weighted by atomic mass is 19.4. The second kappa shape index (κ2) is 6.82. The van der Waals surface area contributed by atoms with Gasteiger partial charge in [0.2, 0.25) is 5.91 Å². The van der Waals surface area contributed by atoms with Gasteiger partial charge in [-0.15, -0.1) is 0 Å². The number of urea groups is 1. The minimum atomic E-state index is -4.62. The number of amides is 3. The minimum Gasteiger partial charge on any atom is -0.366 e. The Kier molecular flexibility index (Phi) is 4.46. The van der Waals surface area contributed by atoms with Gasteiger partial charge in [0.25, 0.3) is 0 Å². The summed E-state index contributed by atoms with van der Waals surface area (Å²) in [7, 11) is 0. The number of piperidine rings is 1. The number of nitrogens with one attached hydrogen (secondary N) is 1. The fourth-order valence-electron chi connectivity index (χ4n) is 5.25. The number of morpholine rings is 1. The Balaban J connectivity index is 1.08. The number of rotatable bonds is 2. The maximum Gasteiger partial charge on any atom is 0.471 e. The van der Waals surface area contributed by atoms with Crippen LogP contribution in [-0.4, -0.2) is 76.8 Å². The van der Waals surface area contributed by atoms with Crippen LogP contribution in [0.5, 0.6) is 0 Å². The molecule has 5 rings (SSSR count). The van der Waals surface area contributed by atoms with Gasteiger partial charge in [-0.2, -0.15) is 18.2 Å². The van der Waals surface area contributed by atoms with E-state index in [2.05, 4.69) is 20.0 Å². The van der Waals surface area contributed by atoms with Gasteiger partial charge in [-0.05, 0) is 25.2 Å². The van der Waals surface area contributed by atoms with Gasteiger partial charge in [0.05, 0.1) is 12.1 Å². The van der Waals surface area contributed by atoms with Crippen molar-refractivity contribution in [1.82, 2.24) is 25.3 Å². The summed E-state index contributed by atoms with van der Waals surface area (Å²) in [5, 5.41) is 6.31. The van der Waals surface area contributed by atoms with Crippen molar-refractivity contribution in [2.75, 3.05) is 32.8 Å². The first-order valence-electron chi connectivity index (χ1n) is 10.1. The highest BCUT2D eigenvalue weighted by molar-refractivity contribution is 5.79. The Bertz CT molecular complexity index is 845. The summed E-state index contributed by atoms with van der Waals surface area (Å²) < 4.78 is 47.4. The molecule has 4 fully saturated rings. The lowest BCUT2D eigenvalue weighted by Gasteiger charge is -2.59. The summed E-state index contributed by atoms with van der Waals surface area (Å²) in [6.07, 6.45) is -1.94. The Morgan fingerprint density at radius 3 is 2.73 bits per heavy atom. The third-order valence-electron chi connectivity index (χ3n) is 6.54. The minimum absolute atomic E-state index is 0.0321. The summed E-state index contributed by atoms with van der Waals surface area (Å²) in [5.41, 5.74) is 0.0530. The molecule has 0 aromatic carbocycles. The lowest BCUT2D eigenvalue weighted by atomic mass is 9.57. The van der Waals surface area contributed by atoms with Crippen molar-refractivity contribution in [2.45, 2.75) is 44.0 Å². The fourth-order valence-corrected chi connectivity index (χ4v) is 5.25. The lowest BCUT2D eigenvalue weighted by molar-refractivity contribution is -0.159. The van der Waals surface area contributed by atoms with Crippen LogP contribution in [0.3, 0.4) is 0 Å². The molecule has 1 saturated carbocycles. The smallest absolute Gasteiger partial charge is 0.366 e. The van der Waals surface area contributed by atoms with Crippen LogP contribution in [0.15, 0.2) is 4.52 Å². The van der Waals surface area contributed by atoms with Crippen molar-refractivity contribution < 1.29 is 32.0 Å². The topological polar surface area (TPSA) is 101 Å². The van der Waals surface area contributed by atoms with E-state index in [0.29, 0.717) is 39.0 Å². The average Bonchev–Trinajstić information content (AvgIpc) is 3.10. The van der Waals surface area contributed by atoms with E-state index in [1.54, 1.807) is 9.80 Å². The zero-order valence-corrected chi connectivity index (χ0v) is 16.2. The fraction of sp³-hybridized carbons (Fsp3) is 0.778. The third kappa shape index (κ3) is 3.50. The molecule has 4 heterocycles. The molecular formula is C18H22F3N5O4.